The first kappa shape index (κ1) is 33.5. The van der Waals surface area contributed by atoms with Gasteiger partial charge in [0.25, 0.3) is 0 Å². The van der Waals surface area contributed by atoms with Gasteiger partial charge in [0, 0.05) is 17.9 Å². The highest BCUT2D eigenvalue weighted by atomic mass is 28.4. The van der Waals surface area contributed by atoms with Crippen LogP contribution in [0, 0.1) is 11.8 Å². The van der Waals surface area contributed by atoms with Crippen LogP contribution in [0.2, 0.25) is 18.1 Å². The van der Waals surface area contributed by atoms with E-state index in [-0.39, 0.29) is 36.2 Å². The molecule has 9 heteroatoms. The summed E-state index contributed by atoms with van der Waals surface area (Å²) in [5, 5.41) is 9.12. The Bertz CT molecular complexity index is 897. The van der Waals surface area contributed by atoms with Crippen LogP contribution in [0.25, 0.3) is 0 Å². The molecule has 2 aliphatic rings. The molecule has 39 heavy (non-hydrogen) atoms. The molecule has 2 aliphatic heterocycles. The second-order valence-electron chi connectivity index (χ2n) is 12.7. The molecular weight excluding hydrogens is 514 g/mol. The van der Waals surface area contributed by atoms with Crippen LogP contribution in [-0.4, -0.2) is 72.7 Å². The van der Waals surface area contributed by atoms with E-state index in [1.165, 1.54) is 6.08 Å². The van der Waals surface area contributed by atoms with Crippen molar-refractivity contribution >= 4 is 20.4 Å². The zero-order valence-electron chi connectivity index (χ0n) is 26.1. The van der Waals surface area contributed by atoms with Crippen LogP contribution >= 0.6 is 0 Å². The first-order valence-corrected chi connectivity index (χ1v) is 17.1. The first-order chi connectivity index (χ1) is 18.0. The van der Waals surface area contributed by atoms with E-state index < -0.39 is 31.7 Å². The summed E-state index contributed by atoms with van der Waals surface area (Å²) in [5.41, 5.74) is -0.417. The number of hydrogen-bond donors (Lipinski definition) is 1. The minimum atomic E-state index is -1.91. The molecule has 2 heterocycles. The molecule has 0 saturated carbocycles. The number of carboxylic acid groups (broad SMARTS) is 1. The summed E-state index contributed by atoms with van der Waals surface area (Å²) in [7, 11) is -1.91. The summed E-state index contributed by atoms with van der Waals surface area (Å²) in [6.07, 6.45) is 4.57. The number of carboxylic acids is 1. The van der Waals surface area contributed by atoms with Crippen molar-refractivity contribution in [2.75, 3.05) is 6.61 Å². The number of amides is 1. The number of ether oxygens (including phenoxy) is 3. The molecule has 0 aromatic carbocycles. The SMILES string of the molecule is CC[Si](CC)(CC)O[C@H]1[C@@H](C)[C@@H](C/C=C/C(=O)O)O[C@@H](/C(C)=C/[C@@H]2COC(C)(C)N2C(=O)OC(C)(C)C)[C@@H]1C. The molecule has 0 radical (unpaired) electrons. The van der Waals surface area contributed by atoms with Gasteiger partial charge in [0.1, 0.15) is 11.3 Å². The van der Waals surface area contributed by atoms with Crippen LogP contribution in [0.4, 0.5) is 4.79 Å². The van der Waals surface area contributed by atoms with E-state index in [9.17, 15) is 9.59 Å². The van der Waals surface area contributed by atoms with Gasteiger partial charge < -0.3 is 23.7 Å². The van der Waals surface area contributed by atoms with Crippen molar-refractivity contribution in [1.82, 2.24) is 4.90 Å². The molecule has 1 amide bonds. The van der Waals surface area contributed by atoms with Crippen LogP contribution in [0.15, 0.2) is 23.8 Å². The summed E-state index contributed by atoms with van der Waals surface area (Å²) in [6.45, 7) is 22.8. The molecule has 1 N–H and O–H groups in total. The second-order valence-corrected chi connectivity index (χ2v) is 17.4. The van der Waals surface area contributed by atoms with Crippen LogP contribution in [0.1, 0.15) is 82.6 Å². The normalized spacial score (nSPS) is 30.1. The molecule has 0 unspecified atom stereocenters. The van der Waals surface area contributed by atoms with Crippen LogP contribution < -0.4 is 0 Å². The molecule has 0 bridgehead atoms. The van der Waals surface area contributed by atoms with Crippen molar-refractivity contribution in [2.24, 2.45) is 11.8 Å². The molecular formula is C30H53NO7Si. The Morgan fingerprint density at radius 2 is 1.69 bits per heavy atom. The highest BCUT2D eigenvalue weighted by Gasteiger charge is 2.48. The van der Waals surface area contributed by atoms with Gasteiger partial charge in [0.15, 0.2) is 8.32 Å². The largest absolute Gasteiger partial charge is 0.478 e. The van der Waals surface area contributed by atoms with Gasteiger partial charge in [-0.1, -0.05) is 46.8 Å². The summed E-state index contributed by atoms with van der Waals surface area (Å²) in [5.74, 6) is -0.781. The Morgan fingerprint density at radius 3 is 2.21 bits per heavy atom. The minimum Gasteiger partial charge on any atom is -0.478 e. The molecule has 2 saturated heterocycles. The maximum atomic E-state index is 13.2. The topological polar surface area (TPSA) is 94.5 Å². The van der Waals surface area contributed by atoms with Crippen LogP contribution in [0.5, 0.6) is 0 Å². The molecule has 0 spiro atoms. The molecule has 0 aromatic rings. The lowest BCUT2D eigenvalue weighted by Gasteiger charge is -2.48. The van der Waals surface area contributed by atoms with E-state index in [4.69, 9.17) is 23.7 Å². The number of nitrogens with zero attached hydrogens (tertiary/aromatic N) is 1. The highest BCUT2D eigenvalue weighted by molar-refractivity contribution is 6.73. The van der Waals surface area contributed by atoms with Crippen molar-refractivity contribution in [2.45, 2.75) is 136 Å². The molecule has 2 fully saturated rings. The van der Waals surface area contributed by atoms with Gasteiger partial charge in [-0.15, -0.1) is 0 Å². The van der Waals surface area contributed by atoms with E-state index in [0.29, 0.717) is 13.0 Å². The van der Waals surface area contributed by atoms with Gasteiger partial charge in [-0.2, -0.15) is 0 Å². The number of carbonyl (C=O) groups is 2. The standard InChI is InChI=1S/C30H53NO7Si/c1-12-39(13-2,14-3)38-27-21(5)24(16-15-17-25(32)33)36-26(22(27)6)20(4)18-23-19-35-30(10,11)31(23)28(34)37-29(7,8)9/h15,17-18,21-24,26-27H,12-14,16,19H2,1-11H3,(H,32,33)/b17-15+,20-18+/t21-,22-,23+,24+,26-,27-/m0/s1. The third-order valence-electron chi connectivity index (χ3n) is 8.38. The number of rotatable bonds is 10. The average Bonchev–Trinajstić information content (AvgIpc) is 3.13. The number of aliphatic carboxylic acids is 1. The lowest BCUT2D eigenvalue weighted by Crippen LogP contribution is -2.55. The third kappa shape index (κ3) is 8.41. The Kier molecular flexibility index (Phi) is 11.4. The van der Waals surface area contributed by atoms with Gasteiger partial charge in [0.05, 0.1) is 31.0 Å². The van der Waals surface area contributed by atoms with E-state index in [1.807, 2.05) is 41.5 Å². The van der Waals surface area contributed by atoms with Crippen molar-refractivity contribution in [1.29, 1.82) is 0 Å². The monoisotopic (exact) mass is 567 g/mol. The fraction of sp³-hybridized carbons (Fsp3) is 0.800. The van der Waals surface area contributed by atoms with E-state index in [1.54, 1.807) is 11.0 Å². The molecule has 0 aromatic heterocycles. The maximum Gasteiger partial charge on any atom is 0.413 e. The minimum absolute atomic E-state index is 0.0138. The van der Waals surface area contributed by atoms with Gasteiger partial charge >= 0.3 is 12.1 Å². The van der Waals surface area contributed by atoms with Crippen molar-refractivity contribution < 1.29 is 33.3 Å². The van der Waals surface area contributed by atoms with Gasteiger partial charge in [-0.25, -0.2) is 9.59 Å². The van der Waals surface area contributed by atoms with Gasteiger partial charge in [0.2, 0.25) is 0 Å². The smallest absolute Gasteiger partial charge is 0.413 e. The maximum absolute atomic E-state index is 13.2. The Labute approximate surface area is 237 Å². The first-order valence-electron chi connectivity index (χ1n) is 14.6. The summed E-state index contributed by atoms with van der Waals surface area (Å²) < 4.78 is 25.5. The lowest BCUT2D eigenvalue weighted by atomic mass is 9.79. The van der Waals surface area contributed by atoms with Crippen molar-refractivity contribution in [3.63, 3.8) is 0 Å². The summed E-state index contributed by atoms with van der Waals surface area (Å²) >= 11 is 0. The highest BCUT2D eigenvalue weighted by Crippen LogP contribution is 2.40. The van der Waals surface area contributed by atoms with Crippen LogP contribution in [0.3, 0.4) is 0 Å². The van der Waals surface area contributed by atoms with E-state index in [0.717, 1.165) is 23.7 Å². The Balaban J connectivity index is 2.42. The molecule has 0 aliphatic carbocycles. The average molecular weight is 568 g/mol. The quantitative estimate of drug-likeness (QED) is 0.177. The molecule has 8 nitrogen and oxygen atoms in total. The summed E-state index contributed by atoms with van der Waals surface area (Å²) in [6, 6.07) is 2.86. The molecule has 224 valence electrons. The number of hydrogen-bond acceptors (Lipinski definition) is 6. The second kappa shape index (κ2) is 13.3. The zero-order valence-corrected chi connectivity index (χ0v) is 27.1. The van der Waals surface area contributed by atoms with Crippen molar-refractivity contribution in [3.8, 4) is 0 Å². The fourth-order valence-electron chi connectivity index (χ4n) is 5.92. The van der Waals surface area contributed by atoms with Crippen LogP contribution in [-0.2, 0) is 23.4 Å². The molecule has 2 rings (SSSR count). The number of carbonyl (C=O) groups excluding carboxylic acids is 1. The predicted molar refractivity (Wildman–Crippen MR) is 156 cm³/mol. The molecule has 6 atom stereocenters. The van der Waals surface area contributed by atoms with Crippen molar-refractivity contribution in [3.05, 3.63) is 23.8 Å². The predicted octanol–water partition coefficient (Wildman–Crippen LogP) is 6.77. The lowest BCUT2D eigenvalue weighted by molar-refractivity contribution is -0.143. The van der Waals surface area contributed by atoms with E-state index in [2.05, 4.69) is 40.7 Å². The zero-order chi connectivity index (χ0) is 29.8. The fourth-order valence-corrected chi connectivity index (χ4v) is 8.92. The third-order valence-corrected chi connectivity index (χ3v) is 13.0. The van der Waals surface area contributed by atoms with E-state index >= 15 is 0 Å². The Morgan fingerprint density at radius 1 is 1.10 bits per heavy atom. The summed E-state index contributed by atoms with van der Waals surface area (Å²) in [4.78, 5) is 26.0. The Hall–Kier alpha value is -1.68. The van der Waals surface area contributed by atoms with Gasteiger partial charge in [-0.3, -0.25) is 4.90 Å². The van der Waals surface area contributed by atoms with Gasteiger partial charge in [-0.05, 0) is 71.7 Å².